The number of benzene rings is 2. The molecule has 0 radical (unpaired) electrons. The van der Waals surface area contributed by atoms with Crippen LogP contribution in [0.15, 0.2) is 84.0 Å². The van der Waals surface area contributed by atoms with Gasteiger partial charge in [0.1, 0.15) is 11.6 Å². The second-order valence-electron chi connectivity index (χ2n) is 8.24. The molecule has 192 valence electrons. The number of aryl methyl sites for hydroxylation is 1. The summed E-state index contributed by atoms with van der Waals surface area (Å²) in [7, 11) is 1.61. The molecule has 0 bridgehead atoms. The summed E-state index contributed by atoms with van der Waals surface area (Å²) in [6.45, 7) is 2.07. The van der Waals surface area contributed by atoms with Gasteiger partial charge in [0.2, 0.25) is 5.95 Å². The number of para-hydroxylation sites is 1. The Hall–Kier alpha value is -5.25. The summed E-state index contributed by atoms with van der Waals surface area (Å²) in [5, 5.41) is 1.62. The number of ether oxygens (including phenoxy) is 1. The Balaban J connectivity index is 0.000000257. The number of nitrogen functional groups attached to an aromatic ring is 2. The van der Waals surface area contributed by atoms with E-state index in [2.05, 4.69) is 27.9 Å². The average Bonchev–Trinajstić information content (AvgIpc) is 2.93. The molecule has 0 aliphatic rings. The number of primary amides is 1. The number of carbonyl (C=O) groups is 1. The summed E-state index contributed by atoms with van der Waals surface area (Å²) in [6, 6.07) is 19.7. The third-order valence-corrected chi connectivity index (χ3v) is 5.86. The summed E-state index contributed by atoms with van der Waals surface area (Å²) < 4.78 is 7.11. The first-order chi connectivity index (χ1) is 18.3. The fourth-order valence-corrected chi connectivity index (χ4v) is 4.05. The van der Waals surface area contributed by atoms with Gasteiger partial charge in [-0.05, 0) is 41.6 Å². The van der Waals surface area contributed by atoms with E-state index in [-0.39, 0.29) is 22.9 Å². The smallest absolute Gasteiger partial charge is 0.263 e. The highest BCUT2D eigenvalue weighted by molar-refractivity contribution is 5.97. The minimum atomic E-state index is -0.664. The van der Waals surface area contributed by atoms with Crippen LogP contribution in [0.25, 0.3) is 27.6 Å². The summed E-state index contributed by atoms with van der Waals surface area (Å²) in [5.41, 5.74) is 19.0. The Labute approximate surface area is 218 Å². The van der Waals surface area contributed by atoms with Crippen LogP contribution in [-0.4, -0.2) is 32.5 Å². The Morgan fingerprint density at radius 3 is 2.42 bits per heavy atom. The third-order valence-electron chi connectivity index (χ3n) is 5.86. The first kappa shape index (κ1) is 25.8. The van der Waals surface area contributed by atoms with E-state index in [1.807, 2.05) is 54.6 Å². The molecule has 0 unspecified atom stereocenters. The number of carbonyl (C=O) groups excluding carboxylic acids is 1. The van der Waals surface area contributed by atoms with Crippen LogP contribution in [-0.2, 0) is 6.42 Å². The predicted molar refractivity (Wildman–Crippen MR) is 148 cm³/mol. The predicted octanol–water partition coefficient (Wildman–Crippen LogP) is 3.36. The second kappa shape index (κ2) is 11.2. The van der Waals surface area contributed by atoms with E-state index >= 15 is 0 Å². The number of methoxy groups -OCH3 is 1. The van der Waals surface area contributed by atoms with Crippen molar-refractivity contribution in [1.29, 1.82) is 0 Å². The molecular weight excluding hydrogens is 482 g/mol. The van der Waals surface area contributed by atoms with Gasteiger partial charge >= 0.3 is 0 Å². The molecule has 2 aromatic carbocycles. The molecule has 0 spiro atoms. The fourth-order valence-electron chi connectivity index (χ4n) is 4.05. The molecule has 10 heteroatoms. The standard InChI is InChI=1S/C23H20N2O2.C5H7N5O/c1-3-18-12-16-8-7-11-21(17-13-20(27-2)15-24-14-17)22(16)23(26)25(18)19-9-5-4-6-10-19;6-3-2(4(7)11)1-9-5(8)10-3/h4-15H,3H2,1-2H3;1H,(H2,7,11)(H4,6,8,9,10). The van der Waals surface area contributed by atoms with Gasteiger partial charge in [-0.25, -0.2) is 4.98 Å². The lowest BCUT2D eigenvalue weighted by Gasteiger charge is -2.15. The monoisotopic (exact) mass is 509 g/mol. The molecule has 3 aromatic heterocycles. The fraction of sp³-hybridized carbons (Fsp3) is 0.107. The highest BCUT2D eigenvalue weighted by atomic mass is 16.5. The molecular formula is C28H27N7O3. The van der Waals surface area contributed by atoms with Crippen LogP contribution >= 0.6 is 0 Å². The molecule has 10 nitrogen and oxygen atoms in total. The van der Waals surface area contributed by atoms with Crippen molar-refractivity contribution in [2.45, 2.75) is 13.3 Å². The quantitative estimate of drug-likeness (QED) is 0.324. The number of aromatic nitrogens is 4. The first-order valence-corrected chi connectivity index (χ1v) is 11.7. The van der Waals surface area contributed by atoms with E-state index in [1.54, 1.807) is 24.1 Å². The molecule has 0 saturated carbocycles. The van der Waals surface area contributed by atoms with Crippen LogP contribution in [0.2, 0.25) is 0 Å². The van der Waals surface area contributed by atoms with Crippen molar-refractivity contribution in [2.75, 3.05) is 18.6 Å². The Morgan fingerprint density at radius 2 is 1.76 bits per heavy atom. The Bertz CT molecular complexity index is 1670. The van der Waals surface area contributed by atoms with Crippen molar-refractivity contribution in [2.24, 2.45) is 5.73 Å². The van der Waals surface area contributed by atoms with E-state index < -0.39 is 5.91 Å². The maximum absolute atomic E-state index is 13.6. The first-order valence-electron chi connectivity index (χ1n) is 11.7. The average molecular weight is 510 g/mol. The molecule has 0 saturated heterocycles. The highest BCUT2D eigenvalue weighted by Gasteiger charge is 2.14. The number of pyridine rings is 2. The van der Waals surface area contributed by atoms with Crippen LogP contribution in [0.3, 0.4) is 0 Å². The molecule has 6 N–H and O–H groups in total. The summed E-state index contributed by atoms with van der Waals surface area (Å²) in [6.07, 6.45) is 5.38. The number of hydrogen-bond donors (Lipinski definition) is 3. The normalized spacial score (nSPS) is 10.5. The van der Waals surface area contributed by atoms with Gasteiger partial charge in [-0.1, -0.05) is 43.3 Å². The zero-order chi connectivity index (χ0) is 27.2. The van der Waals surface area contributed by atoms with E-state index in [0.29, 0.717) is 11.1 Å². The van der Waals surface area contributed by atoms with E-state index in [9.17, 15) is 9.59 Å². The zero-order valence-corrected chi connectivity index (χ0v) is 21.0. The molecule has 5 rings (SSSR count). The lowest BCUT2D eigenvalue weighted by molar-refractivity contribution is 0.100. The van der Waals surface area contributed by atoms with Crippen molar-refractivity contribution >= 4 is 28.4 Å². The molecule has 0 aliphatic heterocycles. The lowest BCUT2D eigenvalue weighted by Crippen LogP contribution is -2.22. The van der Waals surface area contributed by atoms with Crippen LogP contribution in [0.5, 0.6) is 5.75 Å². The number of nitrogens with zero attached hydrogens (tertiary/aromatic N) is 4. The van der Waals surface area contributed by atoms with Crippen molar-refractivity contribution in [1.82, 2.24) is 19.5 Å². The second-order valence-corrected chi connectivity index (χ2v) is 8.24. The number of amides is 1. The van der Waals surface area contributed by atoms with Crippen LogP contribution in [0.4, 0.5) is 11.8 Å². The van der Waals surface area contributed by atoms with Gasteiger partial charge in [-0.15, -0.1) is 0 Å². The van der Waals surface area contributed by atoms with Crippen molar-refractivity contribution in [3.05, 3.63) is 101 Å². The Morgan fingerprint density at radius 1 is 1.00 bits per heavy atom. The van der Waals surface area contributed by atoms with Gasteiger partial charge in [0.15, 0.2) is 0 Å². The maximum atomic E-state index is 13.6. The molecule has 0 atom stereocenters. The maximum Gasteiger partial charge on any atom is 0.263 e. The molecule has 1 amide bonds. The molecule has 0 fully saturated rings. The summed E-state index contributed by atoms with van der Waals surface area (Å²) in [5.74, 6) is 0.0260. The van der Waals surface area contributed by atoms with Gasteiger partial charge in [-0.3, -0.25) is 19.1 Å². The molecule has 0 aliphatic carbocycles. The Kier molecular flexibility index (Phi) is 7.62. The van der Waals surface area contributed by atoms with E-state index in [4.69, 9.17) is 21.9 Å². The van der Waals surface area contributed by atoms with Gasteiger partial charge in [0.25, 0.3) is 11.5 Å². The van der Waals surface area contributed by atoms with Crippen LogP contribution in [0.1, 0.15) is 23.0 Å². The number of nitrogens with two attached hydrogens (primary N) is 3. The van der Waals surface area contributed by atoms with E-state index in [1.165, 1.54) is 6.20 Å². The number of hydrogen-bond acceptors (Lipinski definition) is 8. The SMILES string of the molecule is CCc1cc2cccc(-c3cncc(OC)c3)c2c(=O)n1-c1ccccc1.NC(=O)c1cnc(N)nc1N. The largest absolute Gasteiger partial charge is 0.495 e. The highest BCUT2D eigenvalue weighted by Crippen LogP contribution is 2.29. The third kappa shape index (κ3) is 5.29. The number of fused-ring (bicyclic) bond motifs is 1. The molecule has 38 heavy (non-hydrogen) atoms. The van der Waals surface area contributed by atoms with Gasteiger partial charge in [0.05, 0.1) is 24.3 Å². The van der Waals surface area contributed by atoms with Gasteiger partial charge < -0.3 is 21.9 Å². The van der Waals surface area contributed by atoms with Crippen LogP contribution < -0.4 is 27.5 Å². The summed E-state index contributed by atoms with van der Waals surface area (Å²) >= 11 is 0. The van der Waals surface area contributed by atoms with Gasteiger partial charge in [0, 0.05) is 29.3 Å². The van der Waals surface area contributed by atoms with Crippen molar-refractivity contribution < 1.29 is 9.53 Å². The van der Waals surface area contributed by atoms with Crippen molar-refractivity contribution in [3.8, 4) is 22.6 Å². The van der Waals surface area contributed by atoms with Gasteiger partial charge in [-0.2, -0.15) is 4.98 Å². The zero-order valence-electron chi connectivity index (χ0n) is 21.0. The lowest BCUT2D eigenvalue weighted by atomic mass is 9.99. The van der Waals surface area contributed by atoms with Crippen LogP contribution in [0, 0.1) is 0 Å². The minimum absolute atomic E-state index is 0.00463. The number of anilines is 2. The molecule has 3 heterocycles. The molecule has 5 aromatic rings. The van der Waals surface area contributed by atoms with E-state index in [0.717, 1.165) is 34.3 Å². The van der Waals surface area contributed by atoms with Crippen molar-refractivity contribution in [3.63, 3.8) is 0 Å². The topological polar surface area (TPSA) is 165 Å². The summed E-state index contributed by atoms with van der Waals surface area (Å²) in [4.78, 5) is 35.5. The minimum Gasteiger partial charge on any atom is -0.495 e. The number of rotatable bonds is 5.